The van der Waals surface area contributed by atoms with Crippen LogP contribution in [0.15, 0.2) is 24.3 Å². The van der Waals surface area contributed by atoms with Crippen LogP contribution in [0.4, 0.5) is 5.69 Å². The smallest absolute Gasteiger partial charge is 0.253 e. The molecule has 1 fully saturated rings. The zero-order chi connectivity index (χ0) is 16.7. The molecule has 0 aromatic heterocycles. The number of anilines is 1. The lowest BCUT2D eigenvalue weighted by atomic mass is 10.1. The van der Waals surface area contributed by atoms with Gasteiger partial charge in [0.1, 0.15) is 0 Å². The minimum Gasteiger partial charge on any atom is -0.339 e. The second kappa shape index (κ2) is 8.62. The summed E-state index contributed by atoms with van der Waals surface area (Å²) in [6.45, 7) is 3.44. The summed E-state index contributed by atoms with van der Waals surface area (Å²) >= 11 is 5.06. The molecular formula is C17H23N3O2S. The molecule has 0 radical (unpaired) electrons. The molecule has 1 aliphatic heterocycles. The summed E-state index contributed by atoms with van der Waals surface area (Å²) < 4.78 is 0. The Bertz CT molecular complexity index is 564. The minimum absolute atomic E-state index is 0.0836. The number of thiocarbonyl (C=S) groups is 1. The minimum atomic E-state index is -0.129. The Balaban J connectivity index is 1.94. The van der Waals surface area contributed by atoms with E-state index >= 15 is 0 Å². The fraction of sp³-hybridized carbons (Fsp3) is 0.471. The third-order valence-electron chi connectivity index (χ3n) is 3.86. The van der Waals surface area contributed by atoms with E-state index in [9.17, 15) is 9.59 Å². The molecule has 0 saturated carbocycles. The zero-order valence-electron chi connectivity index (χ0n) is 13.4. The molecule has 1 aromatic rings. The lowest BCUT2D eigenvalue weighted by Gasteiger charge is -2.20. The molecule has 0 aliphatic carbocycles. The van der Waals surface area contributed by atoms with E-state index in [-0.39, 0.29) is 16.9 Å². The molecule has 0 bridgehead atoms. The van der Waals surface area contributed by atoms with Crippen LogP contribution in [-0.4, -0.2) is 34.9 Å². The number of amides is 2. The van der Waals surface area contributed by atoms with Crippen LogP contribution in [0, 0.1) is 0 Å². The molecule has 2 rings (SSSR count). The van der Waals surface area contributed by atoms with Crippen molar-refractivity contribution in [2.45, 2.75) is 39.0 Å². The van der Waals surface area contributed by atoms with Crippen molar-refractivity contribution in [3.05, 3.63) is 29.8 Å². The van der Waals surface area contributed by atoms with Crippen LogP contribution >= 0.6 is 12.2 Å². The van der Waals surface area contributed by atoms with Crippen LogP contribution < -0.4 is 10.6 Å². The second-order valence-electron chi connectivity index (χ2n) is 5.64. The highest BCUT2D eigenvalue weighted by molar-refractivity contribution is 7.80. The van der Waals surface area contributed by atoms with Crippen molar-refractivity contribution in [3.63, 3.8) is 0 Å². The van der Waals surface area contributed by atoms with Gasteiger partial charge in [0.05, 0.1) is 0 Å². The standard InChI is InChI=1S/C17H23N3O2S/c1-2-15(21)19-17(23)18-14-9-7-13(8-10-14)16(22)20-11-5-3-4-6-12-20/h7-10H,2-6,11-12H2,1H3,(H2,18,19,21,23). The summed E-state index contributed by atoms with van der Waals surface area (Å²) in [5, 5.41) is 5.78. The number of benzene rings is 1. The monoisotopic (exact) mass is 333 g/mol. The van der Waals surface area contributed by atoms with Gasteiger partial charge in [0.15, 0.2) is 5.11 Å². The number of nitrogens with zero attached hydrogens (tertiary/aromatic N) is 1. The van der Waals surface area contributed by atoms with E-state index in [1.807, 2.05) is 4.90 Å². The van der Waals surface area contributed by atoms with Gasteiger partial charge in [0.25, 0.3) is 5.91 Å². The highest BCUT2D eigenvalue weighted by Gasteiger charge is 2.17. The zero-order valence-corrected chi connectivity index (χ0v) is 14.2. The van der Waals surface area contributed by atoms with Gasteiger partial charge in [-0.1, -0.05) is 19.8 Å². The molecule has 1 saturated heterocycles. The largest absolute Gasteiger partial charge is 0.339 e. The van der Waals surface area contributed by atoms with Crippen molar-refractivity contribution in [1.29, 1.82) is 0 Å². The summed E-state index contributed by atoms with van der Waals surface area (Å²) in [5.41, 5.74) is 1.43. The van der Waals surface area contributed by atoms with E-state index in [2.05, 4.69) is 10.6 Å². The molecular weight excluding hydrogens is 310 g/mol. The van der Waals surface area contributed by atoms with Crippen molar-refractivity contribution in [2.75, 3.05) is 18.4 Å². The third-order valence-corrected chi connectivity index (χ3v) is 4.06. The van der Waals surface area contributed by atoms with Crippen LogP contribution in [0.5, 0.6) is 0 Å². The SMILES string of the molecule is CCC(=O)NC(=S)Nc1ccc(C(=O)N2CCCCCC2)cc1. The van der Waals surface area contributed by atoms with Gasteiger partial charge in [-0.2, -0.15) is 0 Å². The highest BCUT2D eigenvalue weighted by Crippen LogP contribution is 2.15. The van der Waals surface area contributed by atoms with E-state index in [1.54, 1.807) is 31.2 Å². The first-order valence-corrected chi connectivity index (χ1v) is 8.51. The van der Waals surface area contributed by atoms with Crippen molar-refractivity contribution in [3.8, 4) is 0 Å². The van der Waals surface area contributed by atoms with Gasteiger partial charge in [0.2, 0.25) is 5.91 Å². The van der Waals surface area contributed by atoms with E-state index in [4.69, 9.17) is 12.2 Å². The lowest BCUT2D eigenvalue weighted by molar-refractivity contribution is -0.119. The van der Waals surface area contributed by atoms with Crippen molar-refractivity contribution >= 4 is 34.8 Å². The maximum absolute atomic E-state index is 12.5. The van der Waals surface area contributed by atoms with Crippen LogP contribution in [0.25, 0.3) is 0 Å². The topological polar surface area (TPSA) is 61.4 Å². The molecule has 1 heterocycles. The molecule has 124 valence electrons. The fourth-order valence-electron chi connectivity index (χ4n) is 2.53. The first kappa shape index (κ1) is 17.4. The average Bonchev–Trinajstić information content (AvgIpc) is 2.84. The van der Waals surface area contributed by atoms with Gasteiger partial charge >= 0.3 is 0 Å². The van der Waals surface area contributed by atoms with E-state index in [1.165, 1.54) is 12.8 Å². The maximum Gasteiger partial charge on any atom is 0.253 e. The Morgan fingerprint density at radius 1 is 1.09 bits per heavy atom. The van der Waals surface area contributed by atoms with Gasteiger partial charge in [-0.25, -0.2) is 0 Å². The van der Waals surface area contributed by atoms with Crippen LogP contribution in [0.3, 0.4) is 0 Å². The first-order valence-electron chi connectivity index (χ1n) is 8.10. The summed E-state index contributed by atoms with van der Waals surface area (Å²) in [5.74, 6) is -0.0456. The molecule has 0 atom stereocenters. The molecule has 5 nitrogen and oxygen atoms in total. The van der Waals surface area contributed by atoms with Gasteiger partial charge < -0.3 is 15.5 Å². The number of likely N-dealkylation sites (tertiary alicyclic amines) is 1. The van der Waals surface area contributed by atoms with Crippen LogP contribution in [0.2, 0.25) is 0 Å². The number of carbonyl (C=O) groups is 2. The quantitative estimate of drug-likeness (QED) is 0.835. The van der Waals surface area contributed by atoms with Gasteiger partial charge in [0, 0.05) is 30.8 Å². The Kier molecular flexibility index (Phi) is 6.52. The van der Waals surface area contributed by atoms with Gasteiger partial charge in [-0.05, 0) is 49.3 Å². The van der Waals surface area contributed by atoms with Crippen LogP contribution in [-0.2, 0) is 4.79 Å². The third kappa shape index (κ3) is 5.32. The van der Waals surface area contributed by atoms with Crippen molar-refractivity contribution in [1.82, 2.24) is 10.2 Å². The molecule has 6 heteroatoms. The van der Waals surface area contributed by atoms with E-state index < -0.39 is 0 Å². The van der Waals surface area contributed by atoms with Gasteiger partial charge in [-0.3, -0.25) is 9.59 Å². The summed E-state index contributed by atoms with van der Waals surface area (Å²) in [6, 6.07) is 7.19. The fourth-order valence-corrected chi connectivity index (χ4v) is 2.76. The van der Waals surface area contributed by atoms with Crippen LogP contribution in [0.1, 0.15) is 49.4 Å². The number of hydrogen-bond donors (Lipinski definition) is 2. The Morgan fingerprint density at radius 3 is 2.26 bits per heavy atom. The molecule has 0 unspecified atom stereocenters. The van der Waals surface area contributed by atoms with E-state index in [0.29, 0.717) is 12.0 Å². The number of hydrogen-bond acceptors (Lipinski definition) is 3. The summed E-state index contributed by atoms with van der Waals surface area (Å²) in [4.78, 5) is 25.7. The summed E-state index contributed by atoms with van der Waals surface area (Å²) in [7, 11) is 0. The summed E-state index contributed by atoms with van der Waals surface area (Å²) in [6.07, 6.45) is 4.94. The Morgan fingerprint density at radius 2 is 1.70 bits per heavy atom. The number of carbonyl (C=O) groups excluding carboxylic acids is 2. The molecule has 2 amide bonds. The second-order valence-corrected chi connectivity index (χ2v) is 6.05. The lowest BCUT2D eigenvalue weighted by Crippen LogP contribution is -2.33. The molecule has 2 N–H and O–H groups in total. The van der Waals surface area contributed by atoms with Crippen molar-refractivity contribution < 1.29 is 9.59 Å². The predicted molar refractivity (Wildman–Crippen MR) is 95.5 cm³/mol. The number of nitrogens with one attached hydrogen (secondary N) is 2. The Hall–Kier alpha value is -1.95. The van der Waals surface area contributed by atoms with E-state index in [0.717, 1.165) is 31.6 Å². The molecule has 1 aromatic carbocycles. The average molecular weight is 333 g/mol. The molecule has 1 aliphatic rings. The highest BCUT2D eigenvalue weighted by atomic mass is 32.1. The molecule has 23 heavy (non-hydrogen) atoms. The predicted octanol–water partition coefficient (Wildman–Crippen LogP) is 2.93. The molecule has 0 spiro atoms. The van der Waals surface area contributed by atoms with Gasteiger partial charge in [-0.15, -0.1) is 0 Å². The maximum atomic E-state index is 12.5. The first-order chi connectivity index (χ1) is 11.1. The normalized spacial score (nSPS) is 14.7. The number of rotatable bonds is 3. The van der Waals surface area contributed by atoms with Crippen molar-refractivity contribution in [2.24, 2.45) is 0 Å². The Labute approximate surface area is 142 Å².